The summed E-state index contributed by atoms with van der Waals surface area (Å²) in [5, 5.41) is 0. The molecule has 0 N–H and O–H groups in total. The van der Waals surface area contributed by atoms with Gasteiger partial charge >= 0.3 is 0 Å². The first-order chi connectivity index (χ1) is 6.22. The molecule has 70 valence electrons. The Hall–Kier alpha value is -0.780. The maximum Gasteiger partial charge on any atom is -0.0159 e. The molecule has 1 saturated carbocycles. The fourth-order valence-electron chi connectivity index (χ4n) is 2.13. The molecule has 0 amide bonds. The molecule has 0 nitrogen and oxygen atoms in total. The Kier molecular flexibility index (Phi) is 2.15. The zero-order valence-electron chi connectivity index (χ0n) is 8.85. The van der Waals surface area contributed by atoms with Crippen molar-refractivity contribution in [2.24, 2.45) is 0 Å². The Morgan fingerprint density at radius 2 is 1.85 bits per heavy atom. The standard InChI is InChI=1S/C13H18/c1-4-11-8-13(12-5-6-12)10(3)7-9(11)2/h7-8,12H,4-6H2,1-3H3. The number of benzene rings is 1. The smallest absolute Gasteiger partial charge is 0.0159 e. The van der Waals surface area contributed by atoms with E-state index in [9.17, 15) is 0 Å². The van der Waals surface area contributed by atoms with Crippen LogP contribution in [0, 0.1) is 13.8 Å². The molecular formula is C13H18. The summed E-state index contributed by atoms with van der Waals surface area (Å²) in [6, 6.07) is 4.79. The first kappa shape index (κ1) is 8.80. The predicted octanol–water partition coefficient (Wildman–Crippen LogP) is 3.74. The molecule has 0 radical (unpaired) electrons. The van der Waals surface area contributed by atoms with Crippen LogP contribution in [0.15, 0.2) is 12.1 Å². The van der Waals surface area contributed by atoms with Gasteiger partial charge in [-0.3, -0.25) is 0 Å². The molecule has 0 aliphatic heterocycles. The van der Waals surface area contributed by atoms with E-state index in [1.54, 1.807) is 5.56 Å². The van der Waals surface area contributed by atoms with E-state index in [-0.39, 0.29) is 0 Å². The minimum Gasteiger partial charge on any atom is -0.0613 e. The van der Waals surface area contributed by atoms with Crippen molar-refractivity contribution < 1.29 is 0 Å². The monoisotopic (exact) mass is 174 g/mol. The van der Waals surface area contributed by atoms with Crippen molar-refractivity contribution in [1.29, 1.82) is 0 Å². The van der Waals surface area contributed by atoms with Gasteiger partial charge in [0.1, 0.15) is 0 Å². The number of aryl methyl sites for hydroxylation is 3. The molecule has 1 fully saturated rings. The van der Waals surface area contributed by atoms with Crippen molar-refractivity contribution in [3.05, 3.63) is 34.4 Å². The van der Waals surface area contributed by atoms with E-state index in [1.807, 2.05) is 0 Å². The quantitative estimate of drug-likeness (QED) is 0.640. The molecule has 0 unspecified atom stereocenters. The van der Waals surface area contributed by atoms with Crippen LogP contribution in [0.3, 0.4) is 0 Å². The van der Waals surface area contributed by atoms with Gasteiger partial charge in [-0.2, -0.15) is 0 Å². The predicted molar refractivity (Wildman–Crippen MR) is 57.3 cm³/mol. The largest absolute Gasteiger partial charge is 0.0613 e. The molecule has 2 rings (SSSR count). The van der Waals surface area contributed by atoms with Crippen LogP contribution in [0.4, 0.5) is 0 Å². The SMILES string of the molecule is CCc1cc(C2CC2)c(C)cc1C. The van der Waals surface area contributed by atoms with Crippen LogP contribution in [0.5, 0.6) is 0 Å². The molecule has 0 saturated heterocycles. The minimum absolute atomic E-state index is 0.894. The molecule has 1 aromatic rings. The third-order valence-corrected chi connectivity index (χ3v) is 3.12. The Bertz CT molecular complexity index is 319. The topological polar surface area (TPSA) is 0 Å². The van der Waals surface area contributed by atoms with E-state index in [1.165, 1.54) is 36.0 Å². The lowest BCUT2D eigenvalue weighted by atomic mass is 9.96. The summed E-state index contributed by atoms with van der Waals surface area (Å²) >= 11 is 0. The van der Waals surface area contributed by atoms with Crippen LogP contribution in [0.2, 0.25) is 0 Å². The van der Waals surface area contributed by atoms with Gasteiger partial charge in [-0.05, 0) is 61.3 Å². The molecule has 1 aliphatic rings. The van der Waals surface area contributed by atoms with E-state index in [0.29, 0.717) is 0 Å². The fraction of sp³-hybridized carbons (Fsp3) is 0.538. The lowest BCUT2D eigenvalue weighted by Crippen LogP contribution is -1.93. The van der Waals surface area contributed by atoms with Gasteiger partial charge < -0.3 is 0 Å². The van der Waals surface area contributed by atoms with Crippen LogP contribution >= 0.6 is 0 Å². The van der Waals surface area contributed by atoms with Crippen molar-refractivity contribution in [1.82, 2.24) is 0 Å². The molecule has 0 spiro atoms. The molecule has 0 atom stereocenters. The first-order valence-electron chi connectivity index (χ1n) is 5.32. The summed E-state index contributed by atoms with van der Waals surface area (Å²) in [5.74, 6) is 0.894. The molecule has 1 aromatic carbocycles. The van der Waals surface area contributed by atoms with Gasteiger partial charge in [0.25, 0.3) is 0 Å². The Morgan fingerprint density at radius 1 is 1.15 bits per heavy atom. The maximum absolute atomic E-state index is 2.43. The third kappa shape index (κ3) is 1.63. The second kappa shape index (κ2) is 3.17. The highest BCUT2D eigenvalue weighted by Crippen LogP contribution is 2.42. The molecule has 0 heterocycles. The summed E-state index contributed by atoms with van der Waals surface area (Å²) in [4.78, 5) is 0. The third-order valence-electron chi connectivity index (χ3n) is 3.12. The Labute approximate surface area is 81.0 Å². The number of hydrogen-bond donors (Lipinski definition) is 0. The van der Waals surface area contributed by atoms with Gasteiger partial charge in [0.15, 0.2) is 0 Å². The van der Waals surface area contributed by atoms with E-state index >= 15 is 0 Å². The van der Waals surface area contributed by atoms with Gasteiger partial charge in [0.05, 0.1) is 0 Å². The van der Waals surface area contributed by atoms with Gasteiger partial charge in [0, 0.05) is 0 Å². The molecular weight excluding hydrogens is 156 g/mol. The molecule has 1 aliphatic carbocycles. The van der Waals surface area contributed by atoms with Gasteiger partial charge in [0.2, 0.25) is 0 Å². The van der Waals surface area contributed by atoms with E-state index < -0.39 is 0 Å². The maximum atomic E-state index is 2.43. The normalized spacial score (nSPS) is 16.2. The van der Waals surface area contributed by atoms with Crippen LogP contribution in [-0.2, 0) is 6.42 Å². The highest BCUT2D eigenvalue weighted by Gasteiger charge is 2.25. The van der Waals surface area contributed by atoms with Gasteiger partial charge in [-0.1, -0.05) is 19.1 Å². The molecule has 13 heavy (non-hydrogen) atoms. The van der Waals surface area contributed by atoms with Crippen LogP contribution in [-0.4, -0.2) is 0 Å². The summed E-state index contributed by atoms with van der Waals surface area (Å²) < 4.78 is 0. The summed E-state index contributed by atoms with van der Waals surface area (Å²) in [6.45, 7) is 6.72. The first-order valence-corrected chi connectivity index (χ1v) is 5.32. The lowest BCUT2D eigenvalue weighted by molar-refractivity contribution is 1.04. The van der Waals surface area contributed by atoms with Crippen molar-refractivity contribution in [3.63, 3.8) is 0 Å². The van der Waals surface area contributed by atoms with Gasteiger partial charge in [-0.15, -0.1) is 0 Å². The average Bonchev–Trinajstić information content (AvgIpc) is 2.88. The number of rotatable bonds is 2. The molecule has 0 bridgehead atoms. The second-order valence-corrected chi connectivity index (χ2v) is 4.26. The van der Waals surface area contributed by atoms with Gasteiger partial charge in [-0.25, -0.2) is 0 Å². The summed E-state index contributed by atoms with van der Waals surface area (Å²) in [6.07, 6.45) is 3.99. The number of hydrogen-bond acceptors (Lipinski definition) is 0. The van der Waals surface area contributed by atoms with Crippen LogP contribution < -0.4 is 0 Å². The lowest BCUT2D eigenvalue weighted by Gasteiger charge is -2.10. The zero-order valence-corrected chi connectivity index (χ0v) is 8.85. The van der Waals surface area contributed by atoms with Crippen molar-refractivity contribution in [2.45, 2.75) is 46.0 Å². The van der Waals surface area contributed by atoms with Crippen LogP contribution in [0.1, 0.15) is 47.9 Å². The molecule has 0 aromatic heterocycles. The van der Waals surface area contributed by atoms with Crippen molar-refractivity contribution in [3.8, 4) is 0 Å². The second-order valence-electron chi connectivity index (χ2n) is 4.26. The Balaban J connectivity index is 2.44. The van der Waals surface area contributed by atoms with Crippen LogP contribution in [0.25, 0.3) is 0 Å². The van der Waals surface area contributed by atoms with E-state index in [0.717, 1.165) is 5.92 Å². The fourth-order valence-corrected chi connectivity index (χ4v) is 2.13. The average molecular weight is 174 g/mol. The minimum atomic E-state index is 0.894. The zero-order chi connectivity index (χ0) is 9.42. The Morgan fingerprint density at radius 3 is 2.38 bits per heavy atom. The van der Waals surface area contributed by atoms with Crippen molar-refractivity contribution >= 4 is 0 Å². The summed E-state index contributed by atoms with van der Waals surface area (Å²) in [5.41, 5.74) is 6.11. The van der Waals surface area contributed by atoms with E-state index in [2.05, 4.69) is 32.9 Å². The highest BCUT2D eigenvalue weighted by atomic mass is 14.3. The van der Waals surface area contributed by atoms with Crippen molar-refractivity contribution in [2.75, 3.05) is 0 Å². The molecule has 0 heteroatoms. The van der Waals surface area contributed by atoms with E-state index in [4.69, 9.17) is 0 Å². The highest BCUT2D eigenvalue weighted by molar-refractivity contribution is 5.40. The summed E-state index contributed by atoms with van der Waals surface area (Å²) in [7, 11) is 0.